The number of hydrogen-bond acceptors (Lipinski definition) is 1. The summed E-state index contributed by atoms with van der Waals surface area (Å²) in [5, 5.41) is -2.19. The number of fused-ring (bicyclic) bond motifs is 8. The van der Waals surface area contributed by atoms with E-state index in [1.165, 1.54) is 6.92 Å². The van der Waals surface area contributed by atoms with Crippen molar-refractivity contribution in [2.45, 2.75) is 6.92 Å². The van der Waals surface area contributed by atoms with Crippen molar-refractivity contribution in [1.29, 1.82) is 0 Å². The van der Waals surface area contributed by atoms with Crippen LogP contribution in [0.5, 0.6) is 11.5 Å². The topological polar surface area (TPSA) is 19.1 Å². The van der Waals surface area contributed by atoms with E-state index in [1.807, 2.05) is 0 Å². The third-order valence-corrected chi connectivity index (χ3v) is 8.95. The summed E-state index contributed by atoms with van der Waals surface area (Å²) >= 11 is 0. The standard InChI is InChI=1S/C49H33BN2O/c1-32-26-28-44-38(30-32)36-16-5-9-21-42(36)51(44)34-27-29-45-39(31-34)37-17-6-10-22-43(37)52(45)46-23-13-18-35(33-14-3-2-4-15-33)49(46)50-40-19-7-11-24-47(40)53-48-25-12-8-20-41(48)50/h2-31H,1H3/i2D,3D,4D,5D,6D,7D,8D,9D,10D,11D,12D,13D,14D,15D,16D,17D,18D,19D,20D,21D,22D,23D,24D,25D,26D,27D,28D,29D,30D,31D. The Bertz CT molecular complexity index is 4620. The Balaban J connectivity index is 1.48. The molecular formula is C49H33BN2O. The smallest absolute Gasteiger partial charge is 0.254 e. The van der Waals surface area contributed by atoms with E-state index in [1.54, 1.807) is 0 Å². The zero-order valence-electron chi connectivity index (χ0n) is 56.9. The first-order chi connectivity index (χ1) is 38.7. The first kappa shape index (κ1) is 12.7. The maximum atomic E-state index is 10.2. The molecule has 0 amide bonds. The van der Waals surface area contributed by atoms with Crippen molar-refractivity contribution in [1.82, 2.24) is 9.13 Å². The molecule has 2 aromatic heterocycles. The average molecular weight is 707 g/mol. The van der Waals surface area contributed by atoms with E-state index in [9.17, 15) is 19.2 Å². The van der Waals surface area contributed by atoms with Gasteiger partial charge in [-0.25, -0.2) is 0 Å². The Labute approximate surface area is 350 Å². The predicted octanol–water partition coefficient (Wildman–Crippen LogP) is 10.5. The molecule has 53 heavy (non-hydrogen) atoms. The van der Waals surface area contributed by atoms with Crippen molar-refractivity contribution in [3.63, 3.8) is 0 Å². The van der Waals surface area contributed by atoms with Crippen molar-refractivity contribution >= 4 is 66.7 Å². The van der Waals surface area contributed by atoms with Gasteiger partial charge in [0.15, 0.2) is 0 Å². The SMILES string of the molecule is [2H]c1c([2H])c([2H])c(-c2c([2H])c([2H])c([2H])c(-n3c4c([2H])c([2H])c([2H])c([2H])c4c4c([2H])c(-n5c6c([2H])c([2H])c([2H])c([2H])c6c6c([2H])c(C)c([2H])c([2H])c65)c([2H])c([2H])c43)c2B2c3c([2H])c([2H])c([2H])c([2H])c3Oc3c([2H])c([2H])c([2H])c([2H])c32)c([2H])c1[2H]. The van der Waals surface area contributed by atoms with Gasteiger partial charge in [0.25, 0.3) is 6.71 Å². The summed E-state index contributed by atoms with van der Waals surface area (Å²) in [6, 6.07) is -29.0. The summed E-state index contributed by atoms with van der Waals surface area (Å²) in [6.45, 7) is -1.02. The van der Waals surface area contributed by atoms with Gasteiger partial charge in [-0.2, -0.15) is 0 Å². The summed E-state index contributed by atoms with van der Waals surface area (Å²) in [7, 11) is 0. The molecule has 1 aliphatic rings. The van der Waals surface area contributed by atoms with Gasteiger partial charge in [-0.3, -0.25) is 0 Å². The van der Waals surface area contributed by atoms with Gasteiger partial charge in [0.2, 0.25) is 0 Å². The zero-order chi connectivity index (χ0) is 61.2. The van der Waals surface area contributed by atoms with E-state index in [0.717, 1.165) is 4.57 Å². The Morgan fingerprint density at radius 2 is 1.04 bits per heavy atom. The van der Waals surface area contributed by atoms with Crippen molar-refractivity contribution in [3.05, 3.63) is 187 Å². The molecule has 248 valence electrons. The van der Waals surface area contributed by atoms with E-state index in [2.05, 4.69) is 0 Å². The molecular weight excluding hydrogens is 643 g/mol. The van der Waals surface area contributed by atoms with Crippen LogP contribution in [0.3, 0.4) is 0 Å². The highest BCUT2D eigenvalue weighted by atomic mass is 16.5. The van der Waals surface area contributed by atoms with E-state index in [4.69, 9.17) is 26.7 Å². The molecule has 8 aromatic carbocycles. The van der Waals surface area contributed by atoms with Crippen molar-refractivity contribution in [2.75, 3.05) is 0 Å². The van der Waals surface area contributed by atoms with Crippen LogP contribution >= 0.6 is 0 Å². The monoisotopic (exact) mass is 706 g/mol. The highest BCUT2D eigenvalue weighted by Crippen LogP contribution is 2.38. The molecule has 10 aromatic rings. The highest BCUT2D eigenvalue weighted by molar-refractivity contribution is 6.98. The fraction of sp³-hybridized carbons (Fsp3) is 0.0204. The molecule has 0 radical (unpaired) electrons. The molecule has 0 aliphatic carbocycles. The number of aromatic nitrogens is 2. The number of hydrogen-bond donors (Lipinski definition) is 0. The maximum Gasteiger partial charge on any atom is 0.254 e. The fourth-order valence-electron chi connectivity index (χ4n) is 6.83. The molecule has 0 fully saturated rings. The van der Waals surface area contributed by atoms with Crippen LogP contribution in [0.2, 0.25) is 0 Å². The molecule has 4 heteroatoms. The second-order valence-corrected chi connectivity index (χ2v) is 11.8. The number of rotatable bonds is 4. The van der Waals surface area contributed by atoms with Crippen LogP contribution < -0.4 is 21.1 Å². The fourth-order valence-corrected chi connectivity index (χ4v) is 6.83. The summed E-state index contributed by atoms with van der Waals surface area (Å²) in [5.74, 6) is -1.66. The molecule has 0 saturated carbocycles. The quantitative estimate of drug-likeness (QED) is 0.167. The zero-order valence-corrected chi connectivity index (χ0v) is 26.9. The Morgan fingerprint density at radius 1 is 0.472 bits per heavy atom. The van der Waals surface area contributed by atoms with Crippen molar-refractivity contribution in [2.24, 2.45) is 0 Å². The second-order valence-electron chi connectivity index (χ2n) is 11.8. The lowest BCUT2D eigenvalue weighted by Crippen LogP contribution is -2.56. The second kappa shape index (κ2) is 11.6. The largest absolute Gasteiger partial charge is 0.458 e. The molecule has 0 N–H and O–H groups in total. The molecule has 11 rings (SSSR count). The summed E-state index contributed by atoms with van der Waals surface area (Å²) in [6.07, 6.45) is 0. The van der Waals surface area contributed by atoms with Gasteiger partial charge in [-0.05, 0) is 94.9 Å². The van der Waals surface area contributed by atoms with Gasteiger partial charge in [0.05, 0.1) is 63.2 Å². The van der Waals surface area contributed by atoms with E-state index in [-0.39, 0.29) is 10.9 Å². The minimum absolute atomic E-state index is 0.111. The molecule has 3 nitrogen and oxygen atoms in total. The molecule has 3 heterocycles. The number of para-hydroxylation sites is 4. The number of ether oxygens (including phenoxy) is 1. The Morgan fingerprint density at radius 3 is 1.77 bits per heavy atom. The van der Waals surface area contributed by atoms with Crippen molar-refractivity contribution in [3.8, 4) is 34.0 Å². The normalized spacial score (nSPS) is 20.3. The lowest BCUT2D eigenvalue weighted by molar-refractivity contribution is 0.487. The molecule has 0 atom stereocenters. The first-order valence-corrected chi connectivity index (χ1v) is 15.9. The average Bonchev–Trinajstić information content (AvgIpc) is 2.10. The summed E-state index contributed by atoms with van der Waals surface area (Å²) in [5.41, 5.74) is -8.91. The van der Waals surface area contributed by atoms with Gasteiger partial charge < -0.3 is 13.9 Å². The molecule has 0 spiro atoms. The molecule has 1 aliphatic heterocycles. The van der Waals surface area contributed by atoms with Crippen LogP contribution in [0, 0.1) is 6.92 Å². The van der Waals surface area contributed by atoms with Gasteiger partial charge in [0, 0.05) is 32.9 Å². The predicted molar refractivity (Wildman–Crippen MR) is 223 cm³/mol. The van der Waals surface area contributed by atoms with Gasteiger partial charge in [-0.1, -0.05) is 126 Å². The maximum absolute atomic E-state index is 10.2. The van der Waals surface area contributed by atoms with Crippen LogP contribution in [-0.2, 0) is 0 Å². The summed E-state index contributed by atoms with van der Waals surface area (Å²) < 4.78 is 284. The van der Waals surface area contributed by atoms with Crippen LogP contribution in [-0.4, -0.2) is 15.8 Å². The van der Waals surface area contributed by atoms with Crippen LogP contribution in [0.1, 0.15) is 46.7 Å². The van der Waals surface area contributed by atoms with Crippen molar-refractivity contribution < 1.29 is 45.9 Å². The summed E-state index contributed by atoms with van der Waals surface area (Å²) in [4.78, 5) is 0. The van der Waals surface area contributed by atoms with Gasteiger partial charge in [-0.15, -0.1) is 0 Å². The molecule has 0 unspecified atom stereocenters. The lowest BCUT2D eigenvalue weighted by atomic mass is 9.34. The third-order valence-electron chi connectivity index (χ3n) is 8.95. The third kappa shape index (κ3) is 4.49. The molecule has 0 bridgehead atoms. The van der Waals surface area contributed by atoms with Crippen LogP contribution in [0.4, 0.5) is 0 Å². The van der Waals surface area contributed by atoms with Crippen LogP contribution in [0.15, 0.2) is 181 Å². The van der Waals surface area contributed by atoms with E-state index >= 15 is 0 Å². The van der Waals surface area contributed by atoms with E-state index < -0.39 is 277 Å². The first-order valence-electron chi connectivity index (χ1n) is 30.9. The minimum Gasteiger partial charge on any atom is -0.458 e. The Kier molecular flexibility index (Phi) is 2.79. The van der Waals surface area contributed by atoms with Gasteiger partial charge >= 0.3 is 0 Å². The highest BCUT2D eigenvalue weighted by Gasteiger charge is 2.36. The number of benzene rings is 8. The van der Waals surface area contributed by atoms with E-state index in [0.29, 0.717) is 4.57 Å². The van der Waals surface area contributed by atoms with Gasteiger partial charge in [0.1, 0.15) is 11.5 Å². The number of nitrogens with zero attached hydrogens (tertiary/aromatic N) is 2. The molecule has 0 saturated heterocycles. The lowest BCUT2D eigenvalue weighted by Gasteiger charge is -2.30. The van der Waals surface area contributed by atoms with Crippen LogP contribution in [0.25, 0.3) is 66.1 Å². The minimum atomic E-state index is -2.33. The Hall–Kier alpha value is -6.78.